The molecule has 0 bridgehead atoms. The molecule has 1 aromatic rings. The van der Waals surface area contributed by atoms with E-state index in [1.54, 1.807) is 7.11 Å². The van der Waals surface area contributed by atoms with Crippen LogP contribution >= 0.6 is 35.7 Å². The fourth-order valence-electron chi connectivity index (χ4n) is 2.48. The number of benzene rings is 1. The van der Waals surface area contributed by atoms with Crippen LogP contribution in [-0.4, -0.2) is 80.8 Å². The van der Waals surface area contributed by atoms with Gasteiger partial charge in [-0.25, -0.2) is 4.99 Å². The van der Waals surface area contributed by atoms with Gasteiger partial charge >= 0.3 is 0 Å². The molecule has 1 heterocycles. The third-order valence-electron chi connectivity index (χ3n) is 4.08. The SMILES string of the molecule is COCCN(C)CCOc1cccc(CN=C(N)N2CCSCC2)c1.I. The predicted octanol–water partition coefficient (Wildman–Crippen LogP) is 2.13. The third kappa shape index (κ3) is 8.79. The highest BCUT2D eigenvalue weighted by Gasteiger charge is 2.11. The van der Waals surface area contributed by atoms with E-state index >= 15 is 0 Å². The molecule has 1 saturated heterocycles. The first-order chi connectivity index (χ1) is 12.2. The number of ether oxygens (including phenoxy) is 2. The summed E-state index contributed by atoms with van der Waals surface area (Å²) in [7, 11) is 3.78. The number of rotatable bonds is 9. The van der Waals surface area contributed by atoms with Gasteiger partial charge < -0.3 is 25.0 Å². The smallest absolute Gasteiger partial charge is 0.191 e. The van der Waals surface area contributed by atoms with Crippen molar-refractivity contribution in [2.75, 3.05) is 65.1 Å². The second kappa shape index (κ2) is 13.5. The molecule has 1 aromatic carbocycles. The quantitative estimate of drug-likeness (QED) is 0.323. The second-order valence-corrected chi connectivity index (χ2v) is 7.29. The number of hydrogen-bond acceptors (Lipinski definition) is 5. The summed E-state index contributed by atoms with van der Waals surface area (Å²) in [5.74, 6) is 3.77. The molecule has 0 atom stereocenters. The predicted molar refractivity (Wildman–Crippen MR) is 121 cm³/mol. The summed E-state index contributed by atoms with van der Waals surface area (Å²) in [4.78, 5) is 8.88. The van der Waals surface area contributed by atoms with Gasteiger partial charge in [0.2, 0.25) is 0 Å². The van der Waals surface area contributed by atoms with E-state index in [4.69, 9.17) is 15.2 Å². The van der Waals surface area contributed by atoms with Crippen molar-refractivity contribution in [3.05, 3.63) is 29.8 Å². The van der Waals surface area contributed by atoms with E-state index in [0.717, 1.165) is 55.6 Å². The normalized spacial score (nSPS) is 15.0. The van der Waals surface area contributed by atoms with Crippen LogP contribution < -0.4 is 10.5 Å². The Labute approximate surface area is 178 Å². The highest BCUT2D eigenvalue weighted by Crippen LogP contribution is 2.14. The Morgan fingerprint density at radius 2 is 2.00 bits per heavy atom. The average Bonchev–Trinajstić information content (AvgIpc) is 2.65. The Balaban J connectivity index is 0.00000338. The van der Waals surface area contributed by atoms with E-state index in [1.807, 2.05) is 30.0 Å². The number of nitrogens with two attached hydrogens (primary N) is 1. The Hall–Kier alpha value is -0.710. The van der Waals surface area contributed by atoms with Crippen LogP contribution in [0.4, 0.5) is 0 Å². The van der Waals surface area contributed by atoms with E-state index in [-0.39, 0.29) is 24.0 Å². The summed E-state index contributed by atoms with van der Waals surface area (Å²) >= 11 is 1.97. The van der Waals surface area contributed by atoms with E-state index in [1.165, 1.54) is 0 Å². The van der Waals surface area contributed by atoms with Crippen molar-refractivity contribution in [2.24, 2.45) is 10.7 Å². The molecule has 0 radical (unpaired) electrons. The minimum atomic E-state index is 0. The maximum absolute atomic E-state index is 6.11. The molecule has 148 valence electrons. The summed E-state index contributed by atoms with van der Waals surface area (Å²) in [6.07, 6.45) is 0. The van der Waals surface area contributed by atoms with Crippen LogP contribution in [0, 0.1) is 0 Å². The van der Waals surface area contributed by atoms with Crippen LogP contribution in [0.25, 0.3) is 0 Å². The van der Waals surface area contributed by atoms with Gasteiger partial charge in [0.15, 0.2) is 5.96 Å². The molecule has 1 aliphatic heterocycles. The number of nitrogens with zero attached hydrogens (tertiary/aromatic N) is 3. The van der Waals surface area contributed by atoms with Crippen molar-refractivity contribution in [3.8, 4) is 5.75 Å². The third-order valence-corrected chi connectivity index (χ3v) is 5.02. The zero-order chi connectivity index (χ0) is 17.9. The van der Waals surface area contributed by atoms with Gasteiger partial charge in [-0.2, -0.15) is 11.8 Å². The molecule has 0 aromatic heterocycles. The first-order valence-corrected chi connectivity index (χ1v) is 9.86. The fraction of sp³-hybridized carbons (Fsp3) is 0.611. The van der Waals surface area contributed by atoms with Gasteiger partial charge in [-0.15, -0.1) is 24.0 Å². The van der Waals surface area contributed by atoms with Crippen molar-refractivity contribution in [1.29, 1.82) is 0 Å². The molecule has 8 heteroatoms. The molecule has 26 heavy (non-hydrogen) atoms. The van der Waals surface area contributed by atoms with Gasteiger partial charge in [-0.1, -0.05) is 12.1 Å². The van der Waals surface area contributed by atoms with Gasteiger partial charge in [0.1, 0.15) is 12.4 Å². The lowest BCUT2D eigenvalue weighted by Gasteiger charge is -2.27. The molecular weight excluding hydrogens is 463 g/mol. The van der Waals surface area contributed by atoms with Crippen molar-refractivity contribution in [2.45, 2.75) is 6.54 Å². The summed E-state index contributed by atoms with van der Waals surface area (Å²) in [6.45, 7) is 5.72. The fourth-order valence-corrected chi connectivity index (χ4v) is 3.38. The Bertz CT molecular complexity index is 542. The molecule has 2 N–H and O–H groups in total. The maximum atomic E-state index is 6.11. The van der Waals surface area contributed by atoms with Crippen molar-refractivity contribution >= 4 is 41.7 Å². The number of likely N-dealkylation sites (N-methyl/N-ethyl adjacent to an activating group) is 1. The van der Waals surface area contributed by atoms with Crippen LogP contribution in [0.5, 0.6) is 5.75 Å². The van der Waals surface area contributed by atoms with Gasteiger partial charge in [-0.3, -0.25) is 0 Å². The van der Waals surface area contributed by atoms with Crippen molar-refractivity contribution < 1.29 is 9.47 Å². The molecule has 0 unspecified atom stereocenters. The lowest BCUT2D eigenvalue weighted by Crippen LogP contribution is -2.42. The number of guanidine groups is 1. The van der Waals surface area contributed by atoms with Crippen LogP contribution in [0.1, 0.15) is 5.56 Å². The highest BCUT2D eigenvalue weighted by atomic mass is 127. The van der Waals surface area contributed by atoms with Crippen molar-refractivity contribution in [1.82, 2.24) is 9.80 Å². The lowest BCUT2D eigenvalue weighted by atomic mass is 10.2. The molecule has 6 nitrogen and oxygen atoms in total. The van der Waals surface area contributed by atoms with E-state index in [0.29, 0.717) is 19.1 Å². The first kappa shape index (κ1) is 23.3. The zero-order valence-corrected chi connectivity index (χ0v) is 18.9. The summed E-state index contributed by atoms with van der Waals surface area (Å²) in [6, 6.07) is 8.08. The molecule has 2 rings (SSSR count). The topological polar surface area (TPSA) is 63.3 Å². The Morgan fingerprint density at radius 3 is 2.73 bits per heavy atom. The average molecular weight is 494 g/mol. The molecule has 1 aliphatic rings. The second-order valence-electron chi connectivity index (χ2n) is 6.07. The van der Waals surface area contributed by atoms with Gasteiger partial charge in [-0.05, 0) is 24.7 Å². The monoisotopic (exact) mass is 494 g/mol. The number of hydrogen-bond donors (Lipinski definition) is 1. The van der Waals surface area contributed by atoms with Crippen LogP contribution in [0.2, 0.25) is 0 Å². The van der Waals surface area contributed by atoms with Gasteiger partial charge in [0, 0.05) is 44.8 Å². The molecule has 1 fully saturated rings. The van der Waals surface area contributed by atoms with E-state index in [9.17, 15) is 0 Å². The van der Waals surface area contributed by atoms with Gasteiger partial charge in [0.25, 0.3) is 0 Å². The molecule has 0 aliphatic carbocycles. The molecule has 0 spiro atoms. The standard InChI is InChI=1S/C18H30N4O2S.HI/c1-21(6-10-23-2)7-11-24-17-5-3-4-16(14-17)15-20-18(19)22-8-12-25-13-9-22;/h3-5,14H,6-13,15H2,1-2H3,(H2,19,20);1H. The molecule has 0 saturated carbocycles. The number of thioether (sulfide) groups is 1. The summed E-state index contributed by atoms with van der Waals surface area (Å²) < 4.78 is 10.9. The van der Waals surface area contributed by atoms with Crippen LogP contribution in [0.15, 0.2) is 29.3 Å². The Kier molecular flexibility index (Phi) is 12.1. The van der Waals surface area contributed by atoms with Crippen molar-refractivity contribution in [3.63, 3.8) is 0 Å². The number of aliphatic imine (C=N–C) groups is 1. The summed E-state index contributed by atoms with van der Waals surface area (Å²) in [5.41, 5.74) is 7.22. The first-order valence-electron chi connectivity index (χ1n) is 8.71. The van der Waals surface area contributed by atoms with E-state index in [2.05, 4.69) is 27.9 Å². The largest absolute Gasteiger partial charge is 0.492 e. The van der Waals surface area contributed by atoms with Gasteiger partial charge in [0.05, 0.1) is 13.2 Å². The summed E-state index contributed by atoms with van der Waals surface area (Å²) in [5, 5.41) is 0. The zero-order valence-electron chi connectivity index (χ0n) is 15.7. The van der Waals surface area contributed by atoms with Crippen LogP contribution in [-0.2, 0) is 11.3 Å². The minimum absolute atomic E-state index is 0. The van der Waals surface area contributed by atoms with Crippen LogP contribution in [0.3, 0.4) is 0 Å². The number of halogens is 1. The highest BCUT2D eigenvalue weighted by molar-refractivity contribution is 14.0. The Morgan fingerprint density at radius 1 is 1.27 bits per heavy atom. The molecular formula is C18H31IN4O2S. The van der Waals surface area contributed by atoms with E-state index < -0.39 is 0 Å². The maximum Gasteiger partial charge on any atom is 0.191 e. The minimum Gasteiger partial charge on any atom is -0.492 e. The lowest BCUT2D eigenvalue weighted by molar-refractivity contribution is 0.150. The number of methoxy groups -OCH3 is 1. The molecule has 0 amide bonds.